The van der Waals surface area contributed by atoms with Gasteiger partial charge in [0.25, 0.3) is 0 Å². The molecule has 1 fully saturated rings. The molecule has 0 aliphatic carbocycles. The molecule has 4 rings (SSSR count). The zero-order valence-electron chi connectivity index (χ0n) is 15.1. The number of hydrogen-bond acceptors (Lipinski definition) is 6. The Morgan fingerprint density at radius 1 is 1.30 bits per heavy atom. The third-order valence-corrected chi connectivity index (χ3v) is 5.12. The van der Waals surface area contributed by atoms with Crippen LogP contribution >= 0.6 is 11.6 Å². The molecule has 1 aromatic heterocycles. The third-order valence-electron chi connectivity index (χ3n) is 4.81. The second-order valence-corrected chi connectivity index (χ2v) is 7.29. The predicted molar refractivity (Wildman–Crippen MR) is 104 cm³/mol. The van der Waals surface area contributed by atoms with Crippen molar-refractivity contribution in [3.05, 3.63) is 58.5 Å². The lowest BCUT2D eigenvalue weighted by molar-refractivity contribution is 0.255. The quantitative estimate of drug-likeness (QED) is 0.745. The minimum atomic E-state index is -0.299. The summed E-state index contributed by atoms with van der Waals surface area (Å²) < 4.78 is 14.5. The van der Waals surface area contributed by atoms with E-state index in [2.05, 4.69) is 37.7 Å². The molecule has 1 saturated heterocycles. The normalized spacial score (nSPS) is 20.5. The van der Waals surface area contributed by atoms with Gasteiger partial charge in [0.2, 0.25) is 0 Å². The number of benzene rings is 1. The molecule has 8 heteroatoms. The first-order valence-corrected chi connectivity index (χ1v) is 9.43. The van der Waals surface area contributed by atoms with Crippen LogP contribution in [0.4, 0.5) is 4.39 Å². The van der Waals surface area contributed by atoms with Crippen LogP contribution in [-0.4, -0.2) is 47.1 Å². The summed E-state index contributed by atoms with van der Waals surface area (Å²) in [6, 6.07) is 3.55. The van der Waals surface area contributed by atoms with Crippen LogP contribution in [0.2, 0.25) is 0 Å². The number of nitrogens with zero attached hydrogens (tertiary/aromatic N) is 3. The molecule has 3 heterocycles. The van der Waals surface area contributed by atoms with Crippen molar-refractivity contribution in [2.75, 3.05) is 26.2 Å². The second kappa shape index (κ2) is 7.70. The Balaban J connectivity index is 1.54. The number of hydrogen-bond donors (Lipinski definition) is 3. The van der Waals surface area contributed by atoms with Gasteiger partial charge in [0, 0.05) is 62.4 Å². The van der Waals surface area contributed by atoms with E-state index in [0.717, 1.165) is 36.1 Å². The fourth-order valence-electron chi connectivity index (χ4n) is 3.51. The molecule has 2 aliphatic rings. The van der Waals surface area contributed by atoms with Crippen molar-refractivity contribution in [1.82, 2.24) is 30.8 Å². The zero-order chi connectivity index (χ0) is 18.8. The number of nitrogens with one attached hydrogen (secondary N) is 3. The Hall–Kier alpha value is -2.38. The summed E-state index contributed by atoms with van der Waals surface area (Å²) in [6.07, 6.45) is 5.08. The molecule has 0 radical (unpaired) electrons. The van der Waals surface area contributed by atoms with E-state index in [9.17, 15) is 4.39 Å². The summed E-state index contributed by atoms with van der Waals surface area (Å²) in [4.78, 5) is 10.7. The molecule has 142 valence electrons. The van der Waals surface area contributed by atoms with Gasteiger partial charge in [-0.05, 0) is 13.0 Å². The van der Waals surface area contributed by atoms with Gasteiger partial charge in [0.1, 0.15) is 5.82 Å². The van der Waals surface area contributed by atoms with Crippen LogP contribution in [0.1, 0.15) is 12.5 Å². The number of fused-ring (bicyclic) bond motifs is 1. The maximum atomic E-state index is 14.5. The molecule has 2 aliphatic heterocycles. The molecule has 6 nitrogen and oxygen atoms in total. The lowest BCUT2D eigenvalue weighted by Gasteiger charge is -2.38. The van der Waals surface area contributed by atoms with Crippen LogP contribution in [0, 0.1) is 5.82 Å². The van der Waals surface area contributed by atoms with E-state index in [0.29, 0.717) is 35.7 Å². The molecule has 1 aromatic carbocycles. The fraction of sp³-hybridized carbons (Fsp3) is 0.368. The summed E-state index contributed by atoms with van der Waals surface area (Å²) in [5, 5.41) is 10.7. The first-order chi connectivity index (χ1) is 13.1. The van der Waals surface area contributed by atoms with Crippen LogP contribution in [0.15, 0.2) is 47.2 Å². The Morgan fingerprint density at radius 3 is 2.85 bits per heavy atom. The maximum Gasteiger partial charge on any atom is 0.130 e. The molecule has 0 bridgehead atoms. The zero-order valence-corrected chi connectivity index (χ0v) is 15.9. The number of piperazine rings is 1. The molecule has 0 saturated carbocycles. The highest BCUT2D eigenvalue weighted by Crippen LogP contribution is 2.25. The van der Waals surface area contributed by atoms with Gasteiger partial charge < -0.3 is 20.9 Å². The van der Waals surface area contributed by atoms with Gasteiger partial charge in [0.15, 0.2) is 0 Å². The molecule has 2 aromatic rings. The molecule has 0 spiro atoms. The van der Waals surface area contributed by atoms with Crippen molar-refractivity contribution in [3.8, 4) is 0 Å². The average molecular weight is 389 g/mol. The second-order valence-electron chi connectivity index (χ2n) is 6.84. The lowest BCUT2D eigenvalue weighted by Crippen LogP contribution is -2.50. The topological polar surface area (TPSA) is 65.1 Å². The number of aromatic nitrogens is 2. The van der Waals surface area contributed by atoms with Crippen molar-refractivity contribution in [1.29, 1.82) is 0 Å². The smallest absolute Gasteiger partial charge is 0.130 e. The molecule has 0 amide bonds. The Kier molecular flexibility index (Phi) is 5.13. The van der Waals surface area contributed by atoms with E-state index in [4.69, 9.17) is 11.6 Å². The highest BCUT2D eigenvalue weighted by Gasteiger charge is 2.25. The van der Waals surface area contributed by atoms with Gasteiger partial charge in [-0.1, -0.05) is 11.6 Å². The van der Waals surface area contributed by atoms with E-state index < -0.39 is 0 Å². The van der Waals surface area contributed by atoms with Gasteiger partial charge in [-0.15, -0.1) is 0 Å². The summed E-state index contributed by atoms with van der Waals surface area (Å²) in [5.41, 5.74) is 3.63. The maximum absolute atomic E-state index is 14.5. The Labute approximate surface area is 162 Å². The first-order valence-electron chi connectivity index (χ1n) is 9.06. The molecular weight excluding hydrogens is 367 g/mol. The highest BCUT2D eigenvalue weighted by molar-refractivity contribution is 6.30. The van der Waals surface area contributed by atoms with Crippen LogP contribution in [0.5, 0.6) is 0 Å². The van der Waals surface area contributed by atoms with E-state index in [1.807, 2.05) is 6.20 Å². The molecule has 1 atom stereocenters. The minimum absolute atomic E-state index is 0.299. The average Bonchev–Trinajstić information content (AvgIpc) is 2.66. The van der Waals surface area contributed by atoms with Crippen molar-refractivity contribution >= 4 is 22.6 Å². The molecular formula is C19H22ClFN6. The largest absolute Gasteiger partial charge is 0.384 e. The summed E-state index contributed by atoms with van der Waals surface area (Å²) in [5.74, 6) is -0.299. The van der Waals surface area contributed by atoms with E-state index in [1.165, 1.54) is 6.07 Å². The van der Waals surface area contributed by atoms with Gasteiger partial charge in [-0.2, -0.15) is 0 Å². The van der Waals surface area contributed by atoms with Crippen LogP contribution < -0.4 is 16.0 Å². The summed E-state index contributed by atoms with van der Waals surface area (Å²) >= 11 is 6.53. The third kappa shape index (κ3) is 3.84. The van der Waals surface area contributed by atoms with Gasteiger partial charge in [-0.25, -0.2) is 4.39 Å². The molecule has 3 N–H and O–H groups in total. The van der Waals surface area contributed by atoms with Gasteiger partial charge in [0.05, 0.1) is 34.0 Å². The summed E-state index contributed by atoms with van der Waals surface area (Å²) in [7, 11) is 0. The number of rotatable bonds is 4. The predicted octanol–water partition coefficient (Wildman–Crippen LogP) is 2.05. The van der Waals surface area contributed by atoms with Crippen molar-refractivity contribution < 1.29 is 4.39 Å². The number of halogens is 2. The van der Waals surface area contributed by atoms with Gasteiger partial charge >= 0.3 is 0 Å². The SMILES string of the molecule is CC1CN(C2=C(Cl)CNC=C2NCc2cc3nccnc3cc2F)CCN1. The van der Waals surface area contributed by atoms with Gasteiger partial charge in [-0.3, -0.25) is 9.97 Å². The van der Waals surface area contributed by atoms with Crippen molar-refractivity contribution in [2.24, 2.45) is 0 Å². The standard InChI is InChI=1S/C19H22ClFN6/c1-12-11-27(5-4-23-12)19-14(20)9-22-10-18(19)26-8-13-6-16-17(7-15(13)21)25-3-2-24-16/h2-3,6-7,10,12,22-23,26H,4-5,8-9,11H2,1H3. The minimum Gasteiger partial charge on any atom is -0.384 e. The Bertz CT molecular complexity index is 912. The monoisotopic (exact) mass is 388 g/mol. The lowest BCUT2D eigenvalue weighted by atomic mass is 10.1. The van der Waals surface area contributed by atoms with Crippen molar-refractivity contribution in [3.63, 3.8) is 0 Å². The highest BCUT2D eigenvalue weighted by atomic mass is 35.5. The number of dihydropyridines is 1. The first kappa shape index (κ1) is 18.0. The van der Waals surface area contributed by atoms with Crippen molar-refractivity contribution in [2.45, 2.75) is 19.5 Å². The fourth-order valence-corrected chi connectivity index (χ4v) is 3.81. The van der Waals surface area contributed by atoms with E-state index >= 15 is 0 Å². The van der Waals surface area contributed by atoms with Crippen LogP contribution in [0.25, 0.3) is 11.0 Å². The van der Waals surface area contributed by atoms with Crippen LogP contribution in [-0.2, 0) is 6.54 Å². The van der Waals surface area contributed by atoms with E-state index in [1.54, 1.807) is 18.5 Å². The molecule has 27 heavy (non-hydrogen) atoms. The van der Waals surface area contributed by atoms with E-state index in [-0.39, 0.29) is 5.82 Å². The summed E-state index contributed by atoms with van der Waals surface area (Å²) in [6.45, 7) is 5.76. The van der Waals surface area contributed by atoms with Crippen LogP contribution in [0.3, 0.4) is 0 Å². The molecule has 1 unspecified atom stereocenters. The Morgan fingerprint density at radius 2 is 2.07 bits per heavy atom.